The Morgan fingerprint density at radius 2 is 1.26 bits per heavy atom. The van der Waals surface area contributed by atoms with Crippen LogP contribution in [-0.2, 0) is 0 Å². The van der Waals surface area contributed by atoms with E-state index in [0.717, 1.165) is 38.5 Å². The van der Waals surface area contributed by atoms with Gasteiger partial charge in [0.2, 0.25) is 0 Å². The SMILES string of the molecule is C=CC(O)C/C=C/CC/C=C/CC/C=C/CCCO. The Kier molecular flexibility index (Phi) is 14.1. The molecule has 2 N–H and O–H groups in total. The molecule has 0 aromatic carbocycles. The number of rotatable bonds is 12. The Labute approximate surface area is 117 Å². The van der Waals surface area contributed by atoms with Gasteiger partial charge in [-0.2, -0.15) is 0 Å². The zero-order chi connectivity index (χ0) is 14.2. The summed E-state index contributed by atoms with van der Waals surface area (Å²) < 4.78 is 0. The molecule has 0 amide bonds. The molecule has 0 spiro atoms. The Morgan fingerprint density at radius 3 is 1.74 bits per heavy atom. The standard InChI is InChI=1S/C17H28O2/c1-2-17(19)15-13-11-9-7-5-3-4-6-8-10-12-14-16-18/h2-3,5,8,10-11,13,17-19H,1,4,6-7,9,12,14-16H2/b5-3+,10-8+,13-11+. The summed E-state index contributed by atoms with van der Waals surface area (Å²) in [6, 6.07) is 0. The van der Waals surface area contributed by atoms with Crippen LogP contribution >= 0.6 is 0 Å². The van der Waals surface area contributed by atoms with Crippen molar-refractivity contribution >= 4 is 0 Å². The lowest BCUT2D eigenvalue weighted by molar-refractivity contribution is 0.227. The van der Waals surface area contributed by atoms with E-state index in [1.807, 2.05) is 6.08 Å². The van der Waals surface area contributed by atoms with Crippen LogP contribution in [0.4, 0.5) is 0 Å². The molecule has 108 valence electrons. The molecule has 0 aliphatic heterocycles. The van der Waals surface area contributed by atoms with Gasteiger partial charge in [-0.25, -0.2) is 0 Å². The molecule has 2 nitrogen and oxygen atoms in total. The van der Waals surface area contributed by atoms with Crippen LogP contribution in [0.15, 0.2) is 49.1 Å². The van der Waals surface area contributed by atoms with Crippen LogP contribution in [-0.4, -0.2) is 22.9 Å². The van der Waals surface area contributed by atoms with Gasteiger partial charge in [0.25, 0.3) is 0 Å². The molecule has 2 heteroatoms. The first-order valence-electron chi connectivity index (χ1n) is 7.17. The molecule has 0 radical (unpaired) electrons. The average molecular weight is 264 g/mol. The van der Waals surface area contributed by atoms with Gasteiger partial charge in [0.1, 0.15) is 0 Å². The lowest BCUT2D eigenvalue weighted by atomic mass is 10.2. The van der Waals surface area contributed by atoms with Gasteiger partial charge in [-0.1, -0.05) is 42.5 Å². The Morgan fingerprint density at radius 1 is 0.789 bits per heavy atom. The zero-order valence-corrected chi connectivity index (χ0v) is 11.9. The number of aliphatic hydroxyl groups excluding tert-OH is 2. The summed E-state index contributed by atoms with van der Waals surface area (Å²) in [6.45, 7) is 3.81. The van der Waals surface area contributed by atoms with Crippen molar-refractivity contribution in [2.24, 2.45) is 0 Å². The van der Waals surface area contributed by atoms with Gasteiger partial charge in [0, 0.05) is 6.61 Å². The molecule has 0 aromatic heterocycles. The predicted molar refractivity (Wildman–Crippen MR) is 83.0 cm³/mol. The van der Waals surface area contributed by atoms with Crippen molar-refractivity contribution in [3.8, 4) is 0 Å². The highest BCUT2D eigenvalue weighted by Crippen LogP contribution is 2.00. The van der Waals surface area contributed by atoms with E-state index in [1.165, 1.54) is 0 Å². The molecule has 0 bridgehead atoms. The van der Waals surface area contributed by atoms with E-state index in [1.54, 1.807) is 6.08 Å². The normalized spacial score (nSPS) is 13.8. The molecule has 0 aliphatic rings. The van der Waals surface area contributed by atoms with Crippen LogP contribution in [0, 0.1) is 0 Å². The van der Waals surface area contributed by atoms with Crippen LogP contribution in [0.3, 0.4) is 0 Å². The van der Waals surface area contributed by atoms with Gasteiger partial charge in [-0.05, 0) is 44.9 Å². The molecular weight excluding hydrogens is 236 g/mol. The van der Waals surface area contributed by atoms with Crippen molar-refractivity contribution in [3.05, 3.63) is 49.1 Å². The lowest BCUT2D eigenvalue weighted by Gasteiger charge is -1.97. The minimum Gasteiger partial charge on any atom is -0.396 e. The summed E-state index contributed by atoms with van der Waals surface area (Å²) >= 11 is 0. The highest BCUT2D eigenvalue weighted by molar-refractivity contribution is 4.93. The average Bonchev–Trinajstić information content (AvgIpc) is 2.43. The van der Waals surface area contributed by atoms with Crippen molar-refractivity contribution in [2.45, 2.75) is 51.0 Å². The minimum absolute atomic E-state index is 0.279. The van der Waals surface area contributed by atoms with Gasteiger partial charge in [-0.3, -0.25) is 0 Å². The second-order valence-electron chi connectivity index (χ2n) is 4.47. The van der Waals surface area contributed by atoms with E-state index in [2.05, 4.69) is 37.0 Å². The molecule has 0 aromatic rings. The van der Waals surface area contributed by atoms with Crippen LogP contribution < -0.4 is 0 Å². The zero-order valence-electron chi connectivity index (χ0n) is 11.9. The van der Waals surface area contributed by atoms with E-state index in [-0.39, 0.29) is 6.61 Å². The maximum atomic E-state index is 9.23. The topological polar surface area (TPSA) is 40.5 Å². The van der Waals surface area contributed by atoms with Crippen molar-refractivity contribution < 1.29 is 10.2 Å². The minimum atomic E-state index is -0.413. The fourth-order valence-corrected chi connectivity index (χ4v) is 1.52. The highest BCUT2D eigenvalue weighted by Gasteiger charge is 1.90. The third-order valence-corrected chi connectivity index (χ3v) is 2.68. The maximum Gasteiger partial charge on any atom is 0.0752 e. The molecule has 0 aliphatic carbocycles. The third kappa shape index (κ3) is 14.8. The van der Waals surface area contributed by atoms with Gasteiger partial charge < -0.3 is 10.2 Å². The largest absolute Gasteiger partial charge is 0.396 e. The summed E-state index contributed by atoms with van der Waals surface area (Å²) in [5, 5.41) is 17.8. The predicted octanol–water partition coefficient (Wildman–Crippen LogP) is 3.92. The number of unbranched alkanes of at least 4 members (excludes halogenated alkanes) is 3. The number of hydrogen-bond acceptors (Lipinski definition) is 2. The van der Waals surface area contributed by atoms with E-state index in [9.17, 15) is 5.11 Å². The van der Waals surface area contributed by atoms with E-state index in [0.29, 0.717) is 6.42 Å². The summed E-state index contributed by atoms with van der Waals surface area (Å²) in [5.41, 5.74) is 0. The van der Waals surface area contributed by atoms with E-state index >= 15 is 0 Å². The number of allylic oxidation sites excluding steroid dienone is 5. The Balaban J connectivity index is 3.34. The Hall–Kier alpha value is -1.12. The second kappa shape index (κ2) is 14.9. The first kappa shape index (κ1) is 17.9. The molecule has 1 unspecified atom stereocenters. The van der Waals surface area contributed by atoms with Crippen molar-refractivity contribution in [3.63, 3.8) is 0 Å². The maximum absolute atomic E-state index is 9.23. The molecule has 0 saturated heterocycles. The fraction of sp³-hybridized carbons (Fsp3) is 0.529. The summed E-state index contributed by atoms with van der Waals surface area (Å²) in [6.07, 6.45) is 20.7. The monoisotopic (exact) mass is 264 g/mol. The highest BCUT2D eigenvalue weighted by atomic mass is 16.3. The molecule has 19 heavy (non-hydrogen) atoms. The quantitative estimate of drug-likeness (QED) is 0.414. The Bertz CT molecular complexity index is 277. The first-order chi connectivity index (χ1) is 9.31. The summed E-state index contributed by atoms with van der Waals surface area (Å²) in [4.78, 5) is 0. The molecular formula is C17H28O2. The molecule has 0 rings (SSSR count). The van der Waals surface area contributed by atoms with Crippen molar-refractivity contribution in [1.82, 2.24) is 0 Å². The molecule has 0 saturated carbocycles. The van der Waals surface area contributed by atoms with Gasteiger partial charge in [0.05, 0.1) is 6.10 Å². The van der Waals surface area contributed by atoms with Crippen molar-refractivity contribution in [1.29, 1.82) is 0 Å². The van der Waals surface area contributed by atoms with Crippen LogP contribution in [0.25, 0.3) is 0 Å². The van der Waals surface area contributed by atoms with Crippen LogP contribution in [0.2, 0.25) is 0 Å². The lowest BCUT2D eigenvalue weighted by Crippen LogP contribution is -1.97. The fourth-order valence-electron chi connectivity index (χ4n) is 1.52. The van der Waals surface area contributed by atoms with Gasteiger partial charge >= 0.3 is 0 Å². The second-order valence-corrected chi connectivity index (χ2v) is 4.47. The molecule has 0 heterocycles. The smallest absolute Gasteiger partial charge is 0.0752 e. The van der Waals surface area contributed by atoms with E-state index in [4.69, 9.17) is 5.11 Å². The summed E-state index contributed by atoms with van der Waals surface area (Å²) in [7, 11) is 0. The summed E-state index contributed by atoms with van der Waals surface area (Å²) in [5.74, 6) is 0. The third-order valence-electron chi connectivity index (χ3n) is 2.68. The number of aliphatic hydroxyl groups is 2. The first-order valence-corrected chi connectivity index (χ1v) is 7.17. The van der Waals surface area contributed by atoms with Crippen LogP contribution in [0.1, 0.15) is 44.9 Å². The molecule has 0 fully saturated rings. The van der Waals surface area contributed by atoms with E-state index < -0.39 is 6.10 Å². The van der Waals surface area contributed by atoms with Gasteiger partial charge in [0.15, 0.2) is 0 Å². The van der Waals surface area contributed by atoms with Crippen LogP contribution in [0.5, 0.6) is 0 Å². The molecule has 1 atom stereocenters. The van der Waals surface area contributed by atoms with Crippen molar-refractivity contribution in [2.75, 3.05) is 6.61 Å². The van der Waals surface area contributed by atoms with Gasteiger partial charge in [-0.15, -0.1) is 6.58 Å². The number of hydrogen-bond donors (Lipinski definition) is 2.